The Morgan fingerprint density at radius 2 is 2.25 bits per heavy atom. The van der Waals surface area contributed by atoms with Gasteiger partial charge in [-0.1, -0.05) is 5.16 Å². The smallest absolute Gasteiger partial charge is 0.232 e. The van der Waals surface area contributed by atoms with Gasteiger partial charge in [0.15, 0.2) is 0 Å². The van der Waals surface area contributed by atoms with Crippen molar-refractivity contribution in [2.45, 2.75) is 13.3 Å². The number of amides is 1. The van der Waals surface area contributed by atoms with Crippen molar-refractivity contribution in [3.05, 3.63) is 29.6 Å². The van der Waals surface area contributed by atoms with E-state index in [1.807, 2.05) is 0 Å². The predicted octanol–water partition coefficient (Wildman–Crippen LogP) is 1.21. The number of anilines is 1. The second kappa shape index (κ2) is 5.11. The summed E-state index contributed by atoms with van der Waals surface area (Å²) in [5, 5.41) is 13.4. The lowest BCUT2D eigenvalue weighted by atomic mass is 10.2. The molecule has 0 aliphatic rings. The molecule has 0 aliphatic carbocycles. The number of rotatable bonds is 3. The topological polar surface area (TPSA) is 87.7 Å². The molecule has 86 valence electrons. The molecule has 16 heavy (non-hydrogen) atoms. The van der Waals surface area contributed by atoms with Crippen LogP contribution >= 0.6 is 0 Å². The molecule has 0 unspecified atom stereocenters. The average molecular weight is 225 g/mol. The van der Waals surface area contributed by atoms with Gasteiger partial charge in [0.1, 0.15) is 11.7 Å². The van der Waals surface area contributed by atoms with Crippen LogP contribution in [0.25, 0.3) is 0 Å². The molecule has 0 radical (unpaired) electrons. The fraction of sp³-hybridized carbons (Fsp3) is 0.200. The number of nitrogens with zero attached hydrogens (tertiary/aromatic N) is 1. The molecule has 5 nitrogen and oxygen atoms in total. The molecular weight excluding hydrogens is 213 g/mol. The van der Waals surface area contributed by atoms with Crippen LogP contribution in [0.15, 0.2) is 23.4 Å². The number of aryl methyl sites for hydroxylation is 1. The third-order valence-corrected chi connectivity index (χ3v) is 1.80. The highest BCUT2D eigenvalue weighted by atomic mass is 19.1. The molecule has 6 heteroatoms. The number of amidine groups is 1. The van der Waals surface area contributed by atoms with Crippen LogP contribution < -0.4 is 11.1 Å². The minimum absolute atomic E-state index is 0.203. The first-order valence-corrected chi connectivity index (χ1v) is 4.54. The van der Waals surface area contributed by atoms with Crippen LogP contribution in [0.5, 0.6) is 0 Å². The van der Waals surface area contributed by atoms with Crippen LogP contribution in [-0.2, 0) is 4.79 Å². The van der Waals surface area contributed by atoms with Crippen molar-refractivity contribution in [3.63, 3.8) is 0 Å². The van der Waals surface area contributed by atoms with E-state index in [1.165, 1.54) is 12.1 Å². The van der Waals surface area contributed by atoms with Gasteiger partial charge in [0.2, 0.25) is 5.91 Å². The fourth-order valence-electron chi connectivity index (χ4n) is 1.21. The highest BCUT2D eigenvalue weighted by molar-refractivity contribution is 6.04. The van der Waals surface area contributed by atoms with E-state index >= 15 is 0 Å². The van der Waals surface area contributed by atoms with Crippen LogP contribution in [0.2, 0.25) is 0 Å². The SMILES string of the molecule is Cc1cc(F)cc(NC(=O)CC(N)=NO)c1. The minimum Gasteiger partial charge on any atom is -0.409 e. The summed E-state index contributed by atoms with van der Waals surface area (Å²) in [7, 11) is 0. The number of hydrogen-bond acceptors (Lipinski definition) is 3. The van der Waals surface area contributed by atoms with E-state index in [-0.39, 0.29) is 12.3 Å². The van der Waals surface area contributed by atoms with E-state index in [2.05, 4.69) is 10.5 Å². The Balaban J connectivity index is 2.70. The predicted molar refractivity (Wildman–Crippen MR) is 57.8 cm³/mol. The van der Waals surface area contributed by atoms with Crippen molar-refractivity contribution in [3.8, 4) is 0 Å². The fourth-order valence-corrected chi connectivity index (χ4v) is 1.21. The Morgan fingerprint density at radius 3 is 2.81 bits per heavy atom. The summed E-state index contributed by atoms with van der Waals surface area (Å²) in [4.78, 5) is 11.3. The van der Waals surface area contributed by atoms with Crippen LogP contribution in [0.4, 0.5) is 10.1 Å². The molecule has 1 rings (SSSR count). The van der Waals surface area contributed by atoms with E-state index in [4.69, 9.17) is 10.9 Å². The van der Waals surface area contributed by atoms with E-state index < -0.39 is 11.7 Å². The molecule has 0 atom stereocenters. The number of carbonyl (C=O) groups excluding carboxylic acids is 1. The van der Waals surface area contributed by atoms with Gasteiger partial charge in [0.25, 0.3) is 0 Å². The largest absolute Gasteiger partial charge is 0.409 e. The quantitative estimate of drug-likeness (QED) is 0.312. The summed E-state index contributed by atoms with van der Waals surface area (Å²) in [6.45, 7) is 1.71. The van der Waals surface area contributed by atoms with Crippen molar-refractivity contribution < 1.29 is 14.4 Å². The maximum Gasteiger partial charge on any atom is 0.232 e. The third kappa shape index (κ3) is 3.56. The van der Waals surface area contributed by atoms with Crippen molar-refractivity contribution >= 4 is 17.4 Å². The summed E-state index contributed by atoms with van der Waals surface area (Å²) in [6.07, 6.45) is -0.244. The van der Waals surface area contributed by atoms with Crippen molar-refractivity contribution in [1.82, 2.24) is 0 Å². The van der Waals surface area contributed by atoms with E-state index in [1.54, 1.807) is 13.0 Å². The molecule has 1 amide bonds. The standard InChI is InChI=1S/C10H12FN3O2/c1-6-2-7(11)4-8(3-6)13-10(15)5-9(12)14-16/h2-4,16H,5H2,1H3,(H2,12,14)(H,13,15). The van der Waals surface area contributed by atoms with Gasteiger partial charge < -0.3 is 16.3 Å². The highest BCUT2D eigenvalue weighted by Gasteiger charge is 2.06. The first kappa shape index (κ1) is 12.0. The van der Waals surface area contributed by atoms with Crippen molar-refractivity contribution in [1.29, 1.82) is 0 Å². The summed E-state index contributed by atoms with van der Waals surface area (Å²) >= 11 is 0. The van der Waals surface area contributed by atoms with Gasteiger partial charge >= 0.3 is 0 Å². The van der Waals surface area contributed by atoms with E-state index in [0.717, 1.165) is 0 Å². The molecule has 0 saturated heterocycles. The molecule has 0 fully saturated rings. The Bertz CT molecular complexity index is 412. The van der Waals surface area contributed by atoms with Crippen LogP contribution in [0.3, 0.4) is 0 Å². The molecule has 0 spiro atoms. The normalized spacial score (nSPS) is 11.2. The van der Waals surface area contributed by atoms with Gasteiger partial charge in [-0.15, -0.1) is 0 Å². The zero-order valence-electron chi connectivity index (χ0n) is 8.70. The van der Waals surface area contributed by atoms with Crippen LogP contribution in [0, 0.1) is 12.7 Å². The zero-order valence-corrected chi connectivity index (χ0v) is 8.70. The Hall–Kier alpha value is -2.11. The van der Waals surface area contributed by atoms with Crippen molar-refractivity contribution in [2.24, 2.45) is 10.9 Å². The lowest BCUT2D eigenvalue weighted by Gasteiger charge is -2.05. The average Bonchev–Trinajstić information content (AvgIpc) is 2.15. The number of benzene rings is 1. The molecule has 1 aromatic rings. The summed E-state index contributed by atoms with van der Waals surface area (Å²) < 4.78 is 13.0. The monoisotopic (exact) mass is 225 g/mol. The highest BCUT2D eigenvalue weighted by Crippen LogP contribution is 2.13. The molecule has 0 saturated carbocycles. The molecule has 0 aliphatic heterocycles. The second-order valence-electron chi connectivity index (χ2n) is 3.33. The molecule has 4 N–H and O–H groups in total. The molecule has 0 aromatic heterocycles. The van der Waals surface area contributed by atoms with Gasteiger partial charge in [0, 0.05) is 5.69 Å². The molecule has 0 bridgehead atoms. The van der Waals surface area contributed by atoms with Gasteiger partial charge in [-0.3, -0.25) is 4.79 Å². The molecule has 1 aromatic carbocycles. The van der Waals surface area contributed by atoms with Crippen LogP contribution in [0.1, 0.15) is 12.0 Å². The second-order valence-corrected chi connectivity index (χ2v) is 3.33. The van der Waals surface area contributed by atoms with E-state index in [9.17, 15) is 9.18 Å². The van der Waals surface area contributed by atoms with Gasteiger partial charge in [-0.05, 0) is 30.7 Å². The first-order chi connectivity index (χ1) is 7.51. The van der Waals surface area contributed by atoms with Crippen molar-refractivity contribution in [2.75, 3.05) is 5.32 Å². The zero-order chi connectivity index (χ0) is 12.1. The van der Waals surface area contributed by atoms with Gasteiger partial charge in [-0.2, -0.15) is 0 Å². The molecule has 0 heterocycles. The molecular formula is C10H12FN3O2. The Morgan fingerprint density at radius 1 is 1.56 bits per heavy atom. The van der Waals surface area contributed by atoms with Gasteiger partial charge in [-0.25, -0.2) is 4.39 Å². The number of nitrogens with two attached hydrogens (primary N) is 1. The van der Waals surface area contributed by atoms with Gasteiger partial charge in [0.05, 0.1) is 6.42 Å². The summed E-state index contributed by atoms with van der Waals surface area (Å²) in [5.74, 6) is -1.11. The third-order valence-electron chi connectivity index (χ3n) is 1.80. The maximum atomic E-state index is 13.0. The van der Waals surface area contributed by atoms with E-state index in [0.29, 0.717) is 11.3 Å². The summed E-state index contributed by atoms with van der Waals surface area (Å²) in [5.41, 5.74) is 6.19. The Labute approximate surface area is 91.8 Å². The number of halogens is 1. The number of nitrogens with one attached hydrogen (secondary N) is 1. The lowest BCUT2D eigenvalue weighted by Crippen LogP contribution is -2.22. The number of hydrogen-bond donors (Lipinski definition) is 3. The first-order valence-electron chi connectivity index (χ1n) is 4.54. The Kier molecular flexibility index (Phi) is 3.82. The number of carbonyl (C=O) groups is 1. The lowest BCUT2D eigenvalue weighted by molar-refractivity contribution is -0.115. The maximum absolute atomic E-state index is 13.0. The number of oxime groups is 1. The minimum atomic E-state index is -0.472. The van der Waals surface area contributed by atoms with Crippen LogP contribution in [-0.4, -0.2) is 17.0 Å². The summed E-state index contributed by atoms with van der Waals surface area (Å²) in [6, 6.07) is 4.16.